The number of hydrogen-bond donors (Lipinski definition) is 2. The van der Waals surface area contributed by atoms with Crippen LogP contribution >= 0.6 is 0 Å². The predicted octanol–water partition coefficient (Wildman–Crippen LogP) is -0.576. The number of fused-ring (bicyclic) bond motifs is 2. The molecule has 0 aromatic rings. The Kier molecular flexibility index (Phi) is 4.86. The molecule has 125 valence electrons. The van der Waals surface area contributed by atoms with Crippen LogP contribution in [0.4, 0.5) is 4.79 Å². The van der Waals surface area contributed by atoms with Crippen molar-refractivity contribution >= 4 is 25.5 Å². The largest absolute Gasteiger partial charge is 0.352 e. The maximum absolute atomic E-state index is 12.5. The van der Waals surface area contributed by atoms with Crippen LogP contribution in [0.1, 0.15) is 32.1 Å². The highest BCUT2D eigenvalue weighted by Gasteiger charge is 2.46. The van der Waals surface area contributed by atoms with Crippen LogP contribution in [0.15, 0.2) is 0 Å². The summed E-state index contributed by atoms with van der Waals surface area (Å²) < 4.78 is 0. The van der Waals surface area contributed by atoms with Crippen molar-refractivity contribution in [3.05, 3.63) is 0 Å². The summed E-state index contributed by atoms with van der Waals surface area (Å²) in [5.74, 6) is -0.134. The Hall–Kier alpha value is -1.61. The zero-order valence-electron chi connectivity index (χ0n) is 13.1. The van der Waals surface area contributed by atoms with Crippen LogP contribution in [0, 0.1) is 0 Å². The minimum Gasteiger partial charge on any atom is -0.352 e. The lowest BCUT2D eigenvalue weighted by Crippen LogP contribution is -2.52. The number of amides is 3. The fourth-order valence-electron chi connectivity index (χ4n) is 3.72. The van der Waals surface area contributed by atoms with Crippen molar-refractivity contribution < 1.29 is 19.6 Å². The molecule has 3 aliphatic heterocycles. The number of carbonyl (C=O) groups is 3. The molecule has 3 fully saturated rings. The molecular formula is C14H22BN4O4. The Morgan fingerprint density at radius 2 is 2.09 bits per heavy atom. The van der Waals surface area contributed by atoms with Crippen LogP contribution in [0.3, 0.4) is 0 Å². The molecule has 3 rings (SSSR count). The summed E-state index contributed by atoms with van der Waals surface area (Å²) in [4.78, 5) is 38.5. The Morgan fingerprint density at radius 3 is 2.87 bits per heavy atom. The van der Waals surface area contributed by atoms with Gasteiger partial charge in [0, 0.05) is 12.6 Å². The molecular weight excluding hydrogens is 299 g/mol. The highest BCUT2D eigenvalue weighted by Crippen LogP contribution is 2.28. The molecule has 3 amide bonds. The summed E-state index contributed by atoms with van der Waals surface area (Å²) in [6.07, 6.45) is 4.57. The van der Waals surface area contributed by atoms with Crippen LogP contribution in [0.5, 0.6) is 0 Å². The normalized spacial score (nSPS) is 31.7. The highest BCUT2D eigenvalue weighted by atomic mass is 16.5. The molecule has 3 heterocycles. The minimum absolute atomic E-state index is 0.0632. The average molecular weight is 321 g/mol. The van der Waals surface area contributed by atoms with Gasteiger partial charge in [-0.25, -0.2) is 9.86 Å². The second-order valence-corrected chi connectivity index (χ2v) is 6.48. The van der Waals surface area contributed by atoms with Gasteiger partial charge in [-0.2, -0.15) is 0 Å². The lowest BCUT2D eigenvalue weighted by atomic mass is 9.94. The van der Waals surface area contributed by atoms with Crippen LogP contribution in [0.2, 0.25) is 0 Å². The van der Waals surface area contributed by atoms with E-state index in [1.807, 2.05) is 4.81 Å². The first-order valence-corrected chi connectivity index (χ1v) is 8.22. The molecule has 0 aliphatic carbocycles. The summed E-state index contributed by atoms with van der Waals surface area (Å²) in [5.41, 5.74) is 0. The lowest BCUT2D eigenvalue weighted by molar-refractivity contribution is -0.126. The molecule has 0 unspecified atom stereocenters. The maximum Gasteiger partial charge on any atom is 0.344 e. The van der Waals surface area contributed by atoms with E-state index in [0.29, 0.717) is 19.4 Å². The third-order valence-corrected chi connectivity index (χ3v) is 5.03. The molecule has 9 heteroatoms. The van der Waals surface area contributed by atoms with Gasteiger partial charge in [-0.3, -0.25) is 10.0 Å². The van der Waals surface area contributed by atoms with E-state index in [1.54, 1.807) is 7.41 Å². The molecule has 0 saturated carbocycles. The number of nitrogens with zero attached hydrogens (tertiary/aromatic N) is 3. The van der Waals surface area contributed by atoms with Crippen LogP contribution in [-0.4, -0.2) is 83.3 Å². The van der Waals surface area contributed by atoms with Crippen molar-refractivity contribution in [2.45, 2.75) is 50.2 Å². The average Bonchev–Trinajstić information content (AvgIpc) is 2.72. The molecule has 3 aliphatic rings. The highest BCUT2D eigenvalue weighted by molar-refractivity contribution is 6.64. The van der Waals surface area contributed by atoms with E-state index in [0.717, 1.165) is 43.6 Å². The molecule has 1 radical (unpaired) electrons. The van der Waals surface area contributed by atoms with Crippen molar-refractivity contribution in [3.63, 3.8) is 0 Å². The van der Waals surface area contributed by atoms with Crippen molar-refractivity contribution in [3.8, 4) is 0 Å². The van der Waals surface area contributed by atoms with Gasteiger partial charge in [-0.15, -0.1) is 0 Å². The van der Waals surface area contributed by atoms with E-state index >= 15 is 0 Å². The SMILES string of the molecule is O=C[B]N1CCC[C@H](NC(=O)[C@@H]2CC[C@@H]3CN2C(=O)N3O)CC1. The molecule has 3 atom stereocenters. The zero-order valence-corrected chi connectivity index (χ0v) is 13.1. The molecule has 0 aromatic carbocycles. The summed E-state index contributed by atoms with van der Waals surface area (Å²) in [5, 5.41) is 13.5. The maximum atomic E-state index is 12.5. The molecule has 8 nitrogen and oxygen atoms in total. The number of hydrogen-bond acceptors (Lipinski definition) is 5. The van der Waals surface area contributed by atoms with Crippen molar-refractivity contribution in [1.29, 1.82) is 0 Å². The first kappa shape index (κ1) is 16.3. The van der Waals surface area contributed by atoms with Gasteiger partial charge in [-0.05, 0) is 45.2 Å². The van der Waals surface area contributed by atoms with E-state index in [9.17, 15) is 19.6 Å². The van der Waals surface area contributed by atoms with E-state index < -0.39 is 12.1 Å². The number of hydroxylamine groups is 2. The summed E-state index contributed by atoms with van der Waals surface area (Å²) in [6, 6.07) is -1.08. The topological polar surface area (TPSA) is 93.2 Å². The number of nitrogens with one attached hydrogen (secondary N) is 1. The molecule has 2 N–H and O–H groups in total. The van der Waals surface area contributed by atoms with Gasteiger partial charge in [0.1, 0.15) is 6.04 Å². The quantitative estimate of drug-likeness (QED) is 0.411. The number of urea groups is 1. The van der Waals surface area contributed by atoms with Crippen molar-refractivity contribution in [2.75, 3.05) is 19.6 Å². The Morgan fingerprint density at radius 1 is 1.26 bits per heavy atom. The third-order valence-electron chi connectivity index (χ3n) is 5.03. The molecule has 23 heavy (non-hydrogen) atoms. The van der Waals surface area contributed by atoms with E-state index in [-0.39, 0.29) is 18.0 Å². The van der Waals surface area contributed by atoms with E-state index in [2.05, 4.69) is 5.32 Å². The predicted molar refractivity (Wildman–Crippen MR) is 82.4 cm³/mol. The summed E-state index contributed by atoms with van der Waals surface area (Å²) in [6.45, 7) is 1.98. The monoisotopic (exact) mass is 321 g/mol. The zero-order chi connectivity index (χ0) is 16.4. The third kappa shape index (κ3) is 3.35. The van der Waals surface area contributed by atoms with E-state index in [1.165, 1.54) is 4.90 Å². The van der Waals surface area contributed by atoms with Crippen LogP contribution in [0.25, 0.3) is 0 Å². The standard InChI is InChI=1S/C14H22BN4O4/c20-9-15-17-6-1-2-10(5-7-17)16-13(21)12-4-3-11-8-18(12)14(22)19(11)23/h9-12,23H,1-8H2,(H,16,21)/t10-,11+,12-/m0/s1. The fraction of sp³-hybridized carbons (Fsp3) is 0.786. The number of carbonyl (C=O) groups excluding carboxylic acids is 3. The minimum atomic E-state index is -0.489. The van der Waals surface area contributed by atoms with Gasteiger partial charge >= 0.3 is 6.03 Å². The second-order valence-electron chi connectivity index (χ2n) is 6.48. The van der Waals surface area contributed by atoms with Gasteiger partial charge in [0.15, 0.2) is 0 Å². The lowest BCUT2D eigenvalue weighted by Gasteiger charge is -2.30. The molecule has 3 saturated heterocycles. The first-order valence-electron chi connectivity index (χ1n) is 8.22. The van der Waals surface area contributed by atoms with Crippen molar-refractivity contribution in [2.24, 2.45) is 0 Å². The van der Waals surface area contributed by atoms with Gasteiger partial charge in [0.2, 0.25) is 5.91 Å². The number of rotatable bonds is 4. The van der Waals surface area contributed by atoms with Gasteiger partial charge in [0.05, 0.1) is 12.2 Å². The molecule has 2 bridgehead atoms. The van der Waals surface area contributed by atoms with Gasteiger partial charge in [0.25, 0.3) is 7.41 Å². The second kappa shape index (κ2) is 6.88. The molecule has 0 spiro atoms. The van der Waals surface area contributed by atoms with Crippen molar-refractivity contribution in [1.82, 2.24) is 20.1 Å². The van der Waals surface area contributed by atoms with Crippen LogP contribution in [-0.2, 0) is 9.59 Å². The van der Waals surface area contributed by atoms with Gasteiger partial charge in [-0.1, -0.05) is 0 Å². The molecule has 0 aromatic heterocycles. The Balaban J connectivity index is 1.55. The van der Waals surface area contributed by atoms with Crippen LogP contribution < -0.4 is 5.32 Å². The summed E-state index contributed by atoms with van der Waals surface area (Å²) in [7, 11) is 1.55. The number of piperidine rings is 1. The summed E-state index contributed by atoms with van der Waals surface area (Å²) >= 11 is 0. The smallest absolute Gasteiger partial charge is 0.344 e. The Bertz CT molecular complexity index is 491. The Labute approximate surface area is 136 Å². The van der Waals surface area contributed by atoms with Gasteiger partial charge < -0.3 is 19.8 Å². The first-order chi connectivity index (χ1) is 11.1. The van der Waals surface area contributed by atoms with E-state index in [4.69, 9.17) is 0 Å². The fourth-order valence-corrected chi connectivity index (χ4v) is 3.72.